The minimum Gasteiger partial charge on any atom is -0.465 e. The van der Waals surface area contributed by atoms with Gasteiger partial charge in [0.15, 0.2) is 5.75 Å². The van der Waals surface area contributed by atoms with Crippen molar-refractivity contribution in [1.82, 2.24) is 4.72 Å². The third-order valence-electron chi connectivity index (χ3n) is 2.33. The van der Waals surface area contributed by atoms with Gasteiger partial charge in [-0.2, -0.15) is 0 Å². The monoisotopic (exact) mass is 316 g/mol. The van der Waals surface area contributed by atoms with Gasteiger partial charge in [0.1, 0.15) is 0 Å². The molecule has 0 aliphatic heterocycles. The van der Waals surface area contributed by atoms with Crippen molar-refractivity contribution in [3.8, 4) is 0 Å². The molecule has 1 unspecified atom stereocenters. The zero-order valence-electron chi connectivity index (χ0n) is 10.9. The van der Waals surface area contributed by atoms with Gasteiger partial charge < -0.3 is 10.5 Å². The second-order valence-electron chi connectivity index (χ2n) is 3.93. The Morgan fingerprint density at radius 2 is 2.00 bits per heavy atom. The summed E-state index contributed by atoms with van der Waals surface area (Å²) in [6.45, 7) is 1.71. The predicted octanol–water partition coefficient (Wildman–Crippen LogP) is 0.496. The van der Waals surface area contributed by atoms with Crippen molar-refractivity contribution in [1.29, 1.82) is 0 Å². The van der Waals surface area contributed by atoms with Crippen LogP contribution in [-0.2, 0) is 19.6 Å². The van der Waals surface area contributed by atoms with Gasteiger partial charge in [0, 0.05) is 0 Å². The summed E-state index contributed by atoms with van der Waals surface area (Å²) in [6.07, 6.45) is 0. The van der Waals surface area contributed by atoms with Gasteiger partial charge in [0.05, 0.1) is 17.6 Å². The number of nitrogens with one attached hydrogen (secondary N) is 1. The van der Waals surface area contributed by atoms with Gasteiger partial charge in [0.25, 0.3) is 0 Å². The molecule has 1 aromatic rings. The van der Waals surface area contributed by atoms with Gasteiger partial charge in [0.2, 0.25) is 10.0 Å². The van der Waals surface area contributed by atoms with Crippen molar-refractivity contribution in [3.63, 3.8) is 0 Å². The number of carbonyl (C=O) groups is 1. The molecule has 0 saturated heterocycles. The van der Waals surface area contributed by atoms with E-state index in [1.54, 1.807) is 37.3 Å². The van der Waals surface area contributed by atoms with E-state index < -0.39 is 27.8 Å². The molecule has 3 N–H and O–H groups in total. The molecular formula is C12H16N2O4S2. The van der Waals surface area contributed by atoms with Crippen LogP contribution >= 0.6 is 12.2 Å². The summed E-state index contributed by atoms with van der Waals surface area (Å²) in [7, 11) is -3.89. The fraction of sp³-hybridized carbons (Fsp3) is 0.333. The minimum atomic E-state index is -3.89. The molecule has 6 nitrogen and oxygen atoms in total. The maximum atomic E-state index is 11.9. The lowest BCUT2D eigenvalue weighted by atomic mass is 10.1. The second kappa shape index (κ2) is 7.32. The lowest BCUT2D eigenvalue weighted by Gasteiger charge is -2.17. The number of benzene rings is 1. The topological polar surface area (TPSA) is 98.5 Å². The molecule has 20 heavy (non-hydrogen) atoms. The van der Waals surface area contributed by atoms with Crippen LogP contribution in [0.2, 0.25) is 0 Å². The van der Waals surface area contributed by atoms with Crippen LogP contribution in [0.3, 0.4) is 0 Å². The summed E-state index contributed by atoms with van der Waals surface area (Å²) >= 11 is 4.87. The summed E-state index contributed by atoms with van der Waals surface area (Å²) in [5, 5.41) is 0. The Bertz CT molecular complexity index is 572. The predicted molar refractivity (Wildman–Crippen MR) is 79.5 cm³/mol. The Kier molecular flexibility index (Phi) is 6.05. The fourth-order valence-corrected chi connectivity index (χ4v) is 2.88. The van der Waals surface area contributed by atoms with E-state index in [0.29, 0.717) is 5.56 Å². The summed E-state index contributed by atoms with van der Waals surface area (Å²) in [4.78, 5) is 11.2. The molecule has 1 rings (SSSR count). The van der Waals surface area contributed by atoms with E-state index in [1.807, 2.05) is 0 Å². The SMILES string of the molecule is CCOC(=O)CS(=O)(=O)NC(C(N)=S)c1ccccc1. The third kappa shape index (κ3) is 5.24. The molecule has 0 spiro atoms. The molecule has 1 atom stereocenters. The lowest BCUT2D eigenvalue weighted by molar-refractivity contribution is -0.139. The van der Waals surface area contributed by atoms with Crippen LogP contribution in [0.5, 0.6) is 0 Å². The zero-order valence-corrected chi connectivity index (χ0v) is 12.5. The van der Waals surface area contributed by atoms with E-state index in [9.17, 15) is 13.2 Å². The molecule has 8 heteroatoms. The van der Waals surface area contributed by atoms with Gasteiger partial charge in [-0.05, 0) is 12.5 Å². The van der Waals surface area contributed by atoms with Crippen LogP contribution in [0.1, 0.15) is 18.5 Å². The van der Waals surface area contributed by atoms with E-state index in [4.69, 9.17) is 18.0 Å². The standard InChI is InChI=1S/C12H16N2O4S2/c1-2-18-10(15)8-20(16,17)14-11(12(13)19)9-6-4-3-5-7-9/h3-7,11,14H,2,8H2,1H3,(H2,13,19). The van der Waals surface area contributed by atoms with Crippen LogP contribution < -0.4 is 10.5 Å². The molecule has 1 aromatic carbocycles. The second-order valence-corrected chi connectivity index (χ2v) is 6.15. The van der Waals surface area contributed by atoms with E-state index >= 15 is 0 Å². The van der Waals surface area contributed by atoms with Crippen molar-refractivity contribution < 1.29 is 17.9 Å². The first-order chi connectivity index (χ1) is 9.35. The number of carbonyl (C=O) groups excluding carboxylic acids is 1. The molecule has 0 radical (unpaired) electrons. The van der Waals surface area contributed by atoms with Gasteiger partial charge in [-0.3, -0.25) is 4.79 Å². The molecule has 0 saturated carbocycles. The number of rotatable bonds is 7. The van der Waals surface area contributed by atoms with Crippen molar-refractivity contribution >= 4 is 33.2 Å². The third-order valence-corrected chi connectivity index (χ3v) is 3.77. The molecule has 0 amide bonds. The van der Waals surface area contributed by atoms with E-state index in [2.05, 4.69) is 9.46 Å². The van der Waals surface area contributed by atoms with Crippen molar-refractivity contribution in [2.45, 2.75) is 13.0 Å². The highest BCUT2D eigenvalue weighted by Crippen LogP contribution is 2.14. The minimum absolute atomic E-state index is 0.0244. The number of hydrogen-bond donors (Lipinski definition) is 2. The van der Waals surface area contributed by atoms with Gasteiger partial charge >= 0.3 is 5.97 Å². The van der Waals surface area contributed by atoms with Crippen molar-refractivity contribution in [2.75, 3.05) is 12.4 Å². The highest BCUT2D eigenvalue weighted by atomic mass is 32.2. The van der Waals surface area contributed by atoms with E-state index in [0.717, 1.165) is 0 Å². The smallest absolute Gasteiger partial charge is 0.322 e. The largest absolute Gasteiger partial charge is 0.465 e. The Morgan fingerprint density at radius 3 is 2.50 bits per heavy atom. The van der Waals surface area contributed by atoms with Crippen LogP contribution in [0.15, 0.2) is 30.3 Å². The van der Waals surface area contributed by atoms with Crippen molar-refractivity contribution in [3.05, 3.63) is 35.9 Å². The molecule has 0 heterocycles. The van der Waals surface area contributed by atoms with Gasteiger partial charge in [-0.15, -0.1) is 0 Å². The maximum absolute atomic E-state index is 11.9. The van der Waals surface area contributed by atoms with Crippen molar-refractivity contribution in [2.24, 2.45) is 5.73 Å². The molecule has 0 aliphatic carbocycles. The Morgan fingerprint density at radius 1 is 1.40 bits per heavy atom. The van der Waals surface area contributed by atoms with E-state index in [-0.39, 0.29) is 11.6 Å². The van der Waals surface area contributed by atoms with Crippen LogP contribution in [0, 0.1) is 0 Å². The number of ether oxygens (including phenoxy) is 1. The average molecular weight is 316 g/mol. The lowest BCUT2D eigenvalue weighted by Crippen LogP contribution is -2.39. The van der Waals surface area contributed by atoms with Crippen LogP contribution in [-0.4, -0.2) is 31.7 Å². The Labute approximate surface area is 123 Å². The molecule has 0 aliphatic rings. The van der Waals surface area contributed by atoms with E-state index in [1.165, 1.54) is 0 Å². The highest BCUT2D eigenvalue weighted by molar-refractivity contribution is 7.90. The molecule has 110 valence electrons. The number of hydrogen-bond acceptors (Lipinski definition) is 5. The summed E-state index contributed by atoms with van der Waals surface area (Å²) in [5.74, 6) is -1.60. The van der Waals surface area contributed by atoms with Crippen LogP contribution in [0.25, 0.3) is 0 Å². The van der Waals surface area contributed by atoms with Gasteiger partial charge in [-0.25, -0.2) is 13.1 Å². The molecule has 0 aromatic heterocycles. The van der Waals surface area contributed by atoms with Gasteiger partial charge in [-0.1, -0.05) is 42.5 Å². The quantitative estimate of drug-likeness (QED) is 0.561. The fourth-order valence-electron chi connectivity index (χ4n) is 1.51. The first-order valence-corrected chi connectivity index (χ1v) is 7.91. The molecule has 0 bridgehead atoms. The number of thiocarbonyl (C=S) groups is 1. The first kappa shape index (κ1) is 16.5. The molecular weight excluding hydrogens is 300 g/mol. The normalized spacial score (nSPS) is 12.7. The number of sulfonamides is 1. The first-order valence-electron chi connectivity index (χ1n) is 5.85. The average Bonchev–Trinajstić information content (AvgIpc) is 2.36. The summed E-state index contributed by atoms with van der Waals surface area (Å²) in [6, 6.07) is 7.78. The summed E-state index contributed by atoms with van der Waals surface area (Å²) < 4.78 is 30.7. The maximum Gasteiger partial charge on any atom is 0.322 e. The molecule has 0 fully saturated rings. The Hall–Kier alpha value is -1.51. The van der Waals surface area contributed by atoms with Crippen LogP contribution in [0.4, 0.5) is 0 Å². The number of esters is 1. The highest BCUT2D eigenvalue weighted by Gasteiger charge is 2.24. The zero-order chi connectivity index (χ0) is 15.2. The number of nitrogens with two attached hydrogens (primary N) is 1. The summed E-state index contributed by atoms with van der Waals surface area (Å²) in [5.41, 5.74) is 6.16. The Balaban J connectivity index is 2.86.